The van der Waals surface area contributed by atoms with Crippen molar-refractivity contribution in [3.8, 4) is 5.40 Å². The number of nitrogens with zero attached hydrogens (tertiary/aromatic N) is 2. The standard InChI is InChI=1S/C15H15IN2OS2/c1-10(2)7-14(20-9-17)15(19)12-3-4-13-11(8-12)5-6-18(13)21-16/h3-6,8,10,14H,7H2,1-2H3. The molecule has 1 heterocycles. The second-order valence-electron chi connectivity index (χ2n) is 5.18. The molecule has 1 aromatic heterocycles. The third-order valence-electron chi connectivity index (χ3n) is 3.19. The third-order valence-corrected chi connectivity index (χ3v) is 5.72. The number of Topliss-reactive ketones (excluding diaryl/α,β-unsaturated/α-hetero) is 1. The molecule has 0 spiro atoms. The molecule has 1 unspecified atom stereocenters. The largest absolute Gasteiger partial charge is 0.293 e. The molecule has 0 aliphatic heterocycles. The Kier molecular flexibility index (Phi) is 6.02. The number of carbonyl (C=O) groups is 1. The summed E-state index contributed by atoms with van der Waals surface area (Å²) in [6, 6.07) is 7.76. The minimum atomic E-state index is -0.284. The quantitative estimate of drug-likeness (QED) is 0.355. The van der Waals surface area contributed by atoms with Crippen molar-refractivity contribution in [3.05, 3.63) is 36.0 Å². The number of ketones is 1. The van der Waals surface area contributed by atoms with Crippen LogP contribution in [0.3, 0.4) is 0 Å². The molecule has 3 nitrogen and oxygen atoms in total. The van der Waals surface area contributed by atoms with Gasteiger partial charge in [0.1, 0.15) is 5.40 Å². The number of thiocyanates is 1. The summed E-state index contributed by atoms with van der Waals surface area (Å²) >= 11 is 3.30. The Balaban J connectivity index is 2.31. The Labute approximate surface area is 145 Å². The maximum atomic E-state index is 12.6. The number of carbonyl (C=O) groups excluding carboxylic acids is 1. The van der Waals surface area contributed by atoms with E-state index < -0.39 is 0 Å². The van der Waals surface area contributed by atoms with Gasteiger partial charge in [-0.05, 0) is 48.4 Å². The van der Waals surface area contributed by atoms with Crippen molar-refractivity contribution in [2.45, 2.75) is 25.5 Å². The maximum absolute atomic E-state index is 12.6. The van der Waals surface area contributed by atoms with E-state index in [1.165, 1.54) is 0 Å². The number of halogens is 1. The van der Waals surface area contributed by atoms with E-state index in [-0.39, 0.29) is 11.0 Å². The van der Waals surface area contributed by atoms with Crippen molar-refractivity contribution < 1.29 is 4.79 Å². The van der Waals surface area contributed by atoms with Gasteiger partial charge in [-0.1, -0.05) is 13.8 Å². The first kappa shape index (κ1) is 16.7. The summed E-state index contributed by atoms with van der Waals surface area (Å²) in [6.07, 6.45) is 2.71. The topological polar surface area (TPSA) is 45.8 Å². The summed E-state index contributed by atoms with van der Waals surface area (Å²) in [5.74, 6) is 0.437. The highest BCUT2D eigenvalue weighted by molar-refractivity contribution is 14.2. The zero-order chi connectivity index (χ0) is 15.4. The molecule has 2 aromatic rings. The zero-order valence-electron chi connectivity index (χ0n) is 11.7. The molecule has 0 amide bonds. The summed E-state index contributed by atoms with van der Waals surface area (Å²) in [5, 5.41) is 11.7. The summed E-state index contributed by atoms with van der Waals surface area (Å²) < 4.78 is 2.06. The molecule has 0 aliphatic carbocycles. The number of thioether (sulfide) groups is 1. The van der Waals surface area contributed by atoms with Gasteiger partial charge in [0.15, 0.2) is 5.78 Å². The van der Waals surface area contributed by atoms with Crippen molar-refractivity contribution in [2.24, 2.45) is 5.92 Å². The molecular formula is C15H15IN2OS2. The zero-order valence-corrected chi connectivity index (χ0v) is 15.5. The van der Waals surface area contributed by atoms with Gasteiger partial charge in [0.25, 0.3) is 0 Å². The van der Waals surface area contributed by atoms with Gasteiger partial charge in [-0.25, -0.2) is 0 Å². The summed E-state index contributed by atoms with van der Waals surface area (Å²) in [6.45, 7) is 4.14. The number of rotatable bonds is 6. The van der Waals surface area contributed by atoms with Crippen LogP contribution in [-0.2, 0) is 0 Å². The van der Waals surface area contributed by atoms with E-state index in [0.717, 1.165) is 29.1 Å². The van der Waals surface area contributed by atoms with Crippen molar-refractivity contribution in [3.63, 3.8) is 0 Å². The van der Waals surface area contributed by atoms with Gasteiger partial charge in [-0.2, -0.15) is 5.26 Å². The fourth-order valence-corrected chi connectivity index (χ4v) is 4.45. The first-order chi connectivity index (χ1) is 10.1. The number of aromatic nitrogens is 1. The monoisotopic (exact) mass is 430 g/mol. The van der Waals surface area contributed by atoms with E-state index in [9.17, 15) is 4.79 Å². The molecule has 0 saturated heterocycles. The predicted octanol–water partition coefficient (Wildman–Crippen LogP) is 5.30. The van der Waals surface area contributed by atoms with E-state index in [1.807, 2.05) is 30.5 Å². The van der Waals surface area contributed by atoms with Gasteiger partial charge in [-0.3, -0.25) is 8.77 Å². The molecule has 2 rings (SSSR count). The molecule has 1 atom stereocenters. The first-order valence-corrected chi connectivity index (χ1v) is 10.8. The molecule has 110 valence electrons. The normalized spacial score (nSPS) is 12.5. The van der Waals surface area contributed by atoms with Crippen LogP contribution in [0.2, 0.25) is 0 Å². The smallest absolute Gasteiger partial charge is 0.176 e. The SMILES string of the molecule is CC(C)CC(SC#N)C(=O)c1ccc2c(ccn2SI)c1. The molecule has 0 bridgehead atoms. The van der Waals surface area contributed by atoms with Gasteiger partial charge in [0.2, 0.25) is 0 Å². The van der Waals surface area contributed by atoms with Crippen LogP contribution in [0.1, 0.15) is 30.6 Å². The van der Waals surface area contributed by atoms with Gasteiger partial charge in [-0.15, -0.1) is 0 Å². The number of hydrogen-bond acceptors (Lipinski definition) is 4. The van der Waals surface area contributed by atoms with Crippen molar-refractivity contribution in [1.82, 2.24) is 3.97 Å². The lowest BCUT2D eigenvalue weighted by molar-refractivity contribution is 0.0983. The molecule has 0 N–H and O–H groups in total. The number of fused-ring (bicyclic) bond motifs is 1. The Morgan fingerprint density at radius 1 is 1.43 bits per heavy atom. The number of benzene rings is 1. The second-order valence-corrected chi connectivity index (χ2v) is 7.88. The molecule has 0 fully saturated rings. The molecule has 21 heavy (non-hydrogen) atoms. The van der Waals surface area contributed by atoms with E-state index in [0.29, 0.717) is 11.5 Å². The molecule has 0 saturated carbocycles. The maximum Gasteiger partial charge on any atom is 0.176 e. The van der Waals surface area contributed by atoms with E-state index in [2.05, 4.69) is 44.4 Å². The molecule has 0 radical (unpaired) electrons. The van der Waals surface area contributed by atoms with Crippen molar-refractivity contribution in [2.75, 3.05) is 0 Å². The second kappa shape index (κ2) is 7.56. The Bertz CT molecular complexity index is 691. The average molecular weight is 430 g/mol. The Morgan fingerprint density at radius 2 is 2.19 bits per heavy atom. The van der Waals surface area contributed by atoms with Crippen LogP contribution < -0.4 is 0 Å². The lowest BCUT2D eigenvalue weighted by Gasteiger charge is -2.14. The average Bonchev–Trinajstić information content (AvgIpc) is 2.87. The molecule has 0 aliphatic rings. The Hall–Kier alpha value is -0.650. The van der Waals surface area contributed by atoms with Crippen LogP contribution in [0.4, 0.5) is 0 Å². The fraction of sp³-hybridized carbons (Fsp3) is 0.333. The van der Waals surface area contributed by atoms with E-state index in [4.69, 9.17) is 5.26 Å². The minimum Gasteiger partial charge on any atom is -0.293 e. The molecule has 1 aromatic carbocycles. The molecule has 6 heteroatoms. The highest BCUT2D eigenvalue weighted by Gasteiger charge is 2.22. The van der Waals surface area contributed by atoms with Crippen LogP contribution in [0, 0.1) is 16.6 Å². The highest BCUT2D eigenvalue weighted by Crippen LogP contribution is 2.28. The third kappa shape index (κ3) is 3.96. The van der Waals surface area contributed by atoms with Crippen molar-refractivity contribution >= 4 is 58.8 Å². The van der Waals surface area contributed by atoms with Crippen LogP contribution in [-0.4, -0.2) is 15.0 Å². The van der Waals surface area contributed by atoms with Crippen LogP contribution in [0.5, 0.6) is 0 Å². The fourth-order valence-electron chi connectivity index (χ4n) is 2.22. The van der Waals surface area contributed by atoms with E-state index >= 15 is 0 Å². The minimum absolute atomic E-state index is 0.0482. The lowest BCUT2D eigenvalue weighted by Crippen LogP contribution is -2.19. The highest BCUT2D eigenvalue weighted by atomic mass is 127. The van der Waals surface area contributed by atoms with Crippen LogP contribution >= 0.6 is 42.1 Å². The molecular weight excluding hydrogens is 415 g/mol. The van der Waals surface area contributed by atoms with Gasteiger partial charge >= 0.3 is 0 Å². The van der Waals surface area contributed by atoms with Crippen LogP contribution in [0.25, 0.3) is 10.9 Å². The Morgan fingerprint density at radius 3 is 2.81 bits per heavy atom. The first-order valence-electron chi connectivity index (χ1n) is 6.56. The van der Waals surface area contributed by atoms with Gasteiger partial charge in [0.05, 0.1) is 10.8 Å². The number of hydrogen-bond donors (Lipinski definition) is 0. The summed E-state index contributed by atoms with van der Waals surface area (Å²) in [5.41, 5.74) is 1.78. The van der Waals surface area contributed by atoms with Gasteiger partial charge in [0, 0.05) is 47.5 Å². The van der Waals surface area contributed by atoms with Crippen LogP contribution in [0.15, 0.2) is 30.5 Å². The number of nitriles is 1. The van der Waals surface area contributed by atoms with Crippen molar-refractivity contribution in [1.29, 1.82) is 5.26 Å². The van der Waals surface area contributed by atoms with Gasteiger partial charge < -0.3 is 0 Å². The summed E-state index contributed by atoms with van der Waals surface area (Å²) in [7, 11) is 1.60. The predicted molar refractivity (Wildman–Crippen MR) is 99.7 cm³/mol. The lowest BCUT2D eigenvalue weighted by atomic mass is 10.00. The van der Waals surface area contributed by atoms with E-state index in [1.54, 1.807) is 9.12 Å². The summed E-state index contributed by atoms with van der Waals surface area (Å²) in [4.78, 5) is 12.6.